The second-order valence-electron chi connectivity index (χ2n) is 23.6. The molecule has 3 atom stereocenters. The lowest BCUT2D eigenvalue weighted by atomic mass is 10.0. The summed E-state index contributed by atoms with van der Waals surface area (Å²) in [4.78, 5) is 40.1. The van der Waals surface area contributed by atoms with Crippen molar-refractivity contribution in [2.45, 2.75) is 290 Å². The number of nitrogens with zero attached hydrogens (tertiary/aromatic N) is 1. The molecule has 83 heavy (non-hydrogen) atoms. The van der Waals surface area contributed by atoms with Gasteiger partial charge in [-0.3, -0.25) is 14.2 Å². The van der Waals surface area contributed by atoms with Crippen LogP contribution in [0.15, 0.2) is 122 Å². The standard InChI is InChI=1S/C73H127N2O7P/c1-7-10-13-16-19-22-25-27-29-31-33-34-35-36-37-38-39-40-42-43-45-47-50-53-56-59-62-65-72(76)74-70(69-81-83(78,79)80-68-67-75(4,5)6)71(64-61-58-55-52-49-24-21-18-15-12-9-3)82-73(77)66-63-60-57-54-51-48-46-44-41-32-30-28-26-23-20-17-14-11-8-2/h10,13,19-20,22-23,27-30,33-34,36-37,39-41,44,61,64,70-71H,7-9,11-12,14-18,21,24-26,31-32,35,38,42-43,45-60,62-63,65-69H2,1-6H3,(H-,74,76,78,79)/b13-10-,22-19-,23-20-,29-27-,30-28-,34-33-,37-36-,40-39-,44-41-,64-61-. The van der Waals surface area contributed by atoms with Gasteiger partial charge in [-0.05, 0) is 122 Å². The Bertz CT molecular complexity index is 1830. The zero-order valence-corrected chi connectivity index (χ0v) is 55.3. The van der Waals surface area contributed by atoms with E-state index in [1.165, 1.54) is 96.3 Å². The first-order valence-electron chi connectivity index (χ1n) is 33.8. The number of likely N-dealkylation sites (N-methyl/N-ethyl adjacent to an activating group) is 1. The van der Waals surface area contributed by atoms with Gasteiger partial charge in [-0.25, -0.2) is 0 Å². The van der Waals surface area contributed by atoms with Gasteiger partial charge in [0.05, 0.1) is 33.8 Å². The van der Waals surface area contributed by atoms with Crippen LogP contribution in [0.4, 0.5) is 0 Å². The molecule has 0 saturated carbocycles. The van der Waals surface area contributed by atoms with E-state index in [1.54, 1.807) is 0 Å². The van der Waals surface area contributed by atoms with Gasteiger partial charge in [0.25, 0.3) is 7.82 Å². The Labute approximate surface area is 512 Å². The highest BCUT2D eigenvalue weighted by atomic mass is 31.2. The van der Waals surface area contributed by atoms with Gasteiger partial charge < -0.3 is 28.5 Å². The molecule has 3 unspecified atom stereocenters. The van der Waals surface area contributed by atoms with Gasteiger partial charge in [-0.15, -0.1) is 0 Å². The van der Waals surface area contributed by atoms with E-state index in [1.807, 2.05) is 33.3 Å². The van der Waals surface area contributed by atoms with Crippen LogP contribution in [0.2, 0.25) is 0 Å². The topological polar surface area (TPSA) is 114 Å². The molecule has 0 spiro atoms. The summed E-state index contributed by atoms with van der Waals surface area (Å²) >= 11 is 0. The number of unbranched alkanes of at least 4 members (excludes halogenated alkanes) is 26. The van der Waals surface area contributed by atoms with E-state index in [4.69, 9.17) is 13.8 Å². The first kappa shape index (κ1) is 79.4. The summed E-state index contributed by atoms with van der Waals surface area (Å²) in [7, 11) is 1.16. The second-order valence-corrected chi connectivity index (χ2v) is 25.0. The Hall–Kier alpha value is -3.59. The number of nitrogens with one attached hydrogen (secondary N) is 1. The molecular formula is C73H127N2O7P. The molecule has 476 valence electrons. The lowest BCUT2D eigenvalue weighted by Gasteiger charge is -2.30. The van der Waals surface area contributed by atoms with Crippen molar-refractivity contribution in [3.8, 4) is 0 Å². The minimum Gasteiger partial charge on any atom is -0.756 e. The third kappa shape index (κ3) is 62.8. The van der Waals surface area contributed by atoms with Crippen LogP contribution in [0.25, 0.3) is 0 Å². The predicted molar refractivity (Wildman–Crippen MR) is 357 cm³/mol. The molecule has 9 nitrogen and oxygen atoms in total. The van der Waals surface area contributed by atoms with Crippen molar-refractivity contribution in [3.05, 3.63) is 122 Å². The number of phosphoric ester groups is 1. The van der Waals surface area contributed by atoms with Gasteiger partial charge in [-0.2, -0.15) is 0 Å². The number of esters is 1. The number of hydrogen-bond donors (Lipinski definition) is 1. The number of amides is 1. The zero-order valence-electron chi connectivity index (χ0n) is 54.4. The van der Waals surface area contributed by atoms with Crippen molar-refractivity contribution in [3.63, 3.8) is 0 Å². The molecule has 0 aliphatic carbocycles. The van der Waals surface area contributed by atoms with Crippen LogP contribution in [0.3, 0.4) is 0 Å². The normalized spacial score (nSPS) is 14.3. The van der Waals surface area contributed by atoms with Crippen molar-refractivity contribution in [1.82, 2.24) is 5.32 Å². The molecule has 10 heteroatoms. The van der Waals surface area contributed by atoms with Crippen molar-refractivity contribution < 1.29 is 37.3 Å². The molecule has 0 fully saturated rings. The summed E-state index contributed by atoms with van der Waals surface area (Å²) < 4.78 is 30.4. The number of rotatable bonds is 60. The monoisotopic (exact) mass is 1170 g/mol. The summed E-state index contributed by atoms with van der Waals surface area (Å²) in [6.45, 7) is 6.68. The third-order valence-corrected chi connectivity index (χ3v) is 15.3. The lowest BCUT2D eigenvalue weighted by Crippen LogP contribution is -2.47. The molecule has 0 aromatic heterocycles. The smallest absolute Gasteiger partial charge is 0.306 e. The predicted octanol–water partition coefficient (Wildman–Crippen LogP) is 20.8. The number of allylic oxidation sites excluding steroid dienone is 19. The van der Waals surface area contributed by atoms with Crippen LogP contribution in [0, 0.1) is 0 Å². The van der Waals surface area contributed by atoms with E-state index >= 15 is 0 Å². The van der Waals surface area contributed by atoms with E-state index < -0.39 is 26.6 Å². The summed E-state index contributed by atoms with van der Waals surface area (Å²) in [5, 5.41) is 3.03. The van der Waals surface area contributed by atoms with Crippen LogP contribution < -0.4 is 10.2 Å². The van der Waals surface area contributed by atoms with Crippen LogP contribution in [-0.2, 0) is 27.9 Å². The van der Waals surface area contributed by atoms with Crippen molar-refractivity contribution in [2.75, 3.05) is 40.9 Å². The SMILES string of the molecule is CC/C=C\C/C=C\C/C=C\C/C=C\C/C=C\C/C=C\CCCCCCCCCCC(=O)NC(COP(=O)([O-])OCC[N+](C)(C)C)C(/C=C\CCCCCCCCCCC)OC(=O)CCCCCCCC/C=C\C/C=C\C/C=C\CCCCC. The Morgan fingerprint density at radius 3 is 1.18 bits per heavy atom. The van der Waals surface area contributed by atoms with Gasteiger partial charge in [0.1, 0.15) is 19.3 Å². The molecule has 0 heterocycles. The fourth-order valence-electron chi connectivity index (χ4n) is 9.18. The highest BCUT2D eigenvalue weighted by molar-refractivity contribution is 7.45. The van der Waals surface area contributed by atoms with Gasteiger partial charge >= 0.3 is 5.97 Å². The van der Waals surface area contributed by atoms with Gasteiger partial charge in [0.15, 0.2) is 0 Å². The fraction of sp³-hybridized carbons (Fsp3) is 0.699. The lowest BCUT2D eigenvalue weighted by molar-refractivity contribution is -0.870. The van der Waals surface area contributed by atoms with Gasteiger partial charge in [0, 0.05) is 12.8 Å². The maximum Gasteiger partial charge on any atom is 0.306 e. The molecule has 1 N–H and O–H groups in total. The van der Waals surface area contributed by atoms with E-state index in [0.717, 1.165) is 141 Å². The van der Waals surface area contributed by atoms with E-state index in [0.29, 0.717) is 23.9 Å². The zero-order chi connectivity index (χ0) is 60.7. The molecule has 0 saturated heterocycles. The summed E-state index contributed by atoms with van der Waals surface area (Å²) in [6.07, 6.45) is 86.0. The molecule has 0 aliphatic rings. The van der Waals surface area contributed by atoms with Crippen LogP contribution >= 0.6 is 7.82 Å². The molecule has 0 aromatic rings. The Balaban J connectivity index is 5.13. The fourth-order valence-corrected chi connectivity index (χ4v) is 9.90. The number of ether oxygens (including phenoxy) is 1. The molecular weight excluding hydrogens is 1050 g/mol. The average Bonchev–Trinajstić information content (AvgIpc) is 3.51. The Morgan fingerprint density at radius 2 is 0.771 bits per heavy atom. The van der Waals surface area contributed by atoms with Gasteiger partial charge in [0.2, 0.25) is 5.91 Å². The molecule has 0 radical (unpaired) electrons. The maximum absolute atomic E-state index is 13.6. The summed E-state index contributed by atoms with van der Waals surface area (Å²) in [5.41, 5.74) is 0. The van der Waals surface area contributed by atoms with E-state index in [9.17, 15) is 19.0 Å². The van der Waals surface area contributed by atoms with Crippen LogP contribution in [0.5, 0.6) is 0 Å². The first-order chi connectivity index (χ1) is 40.4. The van der Waals surface area contributed by atoms with Crippen molar-refractivity contribution in [2.24, 2.45) is 0 Å². The summed E-state index contributed by atoms with van der Waals surface area (Å²) in [6, 6.07) is -0.907. The molecule has 1 amide bonds. The molecule has 0 bridgehead atoms. The maximum atomic E-state index is 13.6. The highest BCUT2D eigenvalue weighted by Gasteiger charge is 2.27. The number of carbonyl (C=O) groups is 2. The van der Waals surface area contributed by atoms with E-state index in [-0.39, 0.29) is 24.9 Å². The Kier molecular flexibility index (Phi) is 58.8. The van der Waals surface area contributed by atoms with Crippen LogP contribution in [0.1, 0.15) is 278 Å². The second kappa shape index (κ2) is 61.5. The van der Waals surface area contributed by atoms with E-state index in [2.05, 4.69) is 135 Å². The molecule has 0 rings (SSSR count). The molecule has 0 aromatic carbocycles. The van der Waals surface area contributed by atoms with Crippen molar-refractivity contribution in [1.29, 1.82) is 0 Å². The summed E-state index contributed by atoms with van der Waals surface area (Å²) in [5.74, 6) is -0.570. The largest absolute Gasteiger partial charge is 0.756 e. The number of hydrogen-bond acceptors (Lipinski definition) is 7. The number of carbonyl (C=O) groups excluding carboxylic acids is 2. The number of quaternary nitrogens is 1. The minimum absolute atomic E-state index is 0.0324. The van der Waals surface area contributed by atoms with Crippen LogP contribution in [-0.4, -0.2) is 69.4 Å². The minimum atomic E-state index is -4.71. The molecule has 0 aliphatic heterocycles. The van der Waals surface area contributed by atoms with Crippen molar-refractivity contribution >= 4 is 19.7 Å². The number of phosphoric acid groups is 1. The van der Waals surface area contributed by atoms with Gasteiger partial charge in [-0.1, -0.05) is 265 Å². The first-order valence-corrected chi connectivity index (χ1v) is 35.3. The quantitative estimate of drug-likeness (QED) is 0.0212. The highest BCUT2D eigenvalue weighted by Crippen LogP contribution is 2.38. The Morgan fingerprint density at radius 1 is 0.434 bits per heavy atom. The average molecular weight is 1180 g/mol. The third-order valence-electron chi connectivity index (χ3n) is 14.4.